The molecule has 2 heterocycles. The van der Waals surface area contributed by atoms with Crippen LogP contribution in [-0.4, -0.2) is 49.1 Å². The second-order valence-electron chi connectivity index (χ2n) is 6.60. The molecule has 3 unspecified atom stereocenters. The van der Waals surface area contributed by atoms with Gasteiger partial charge in [-0.3, -0.25) is 9.69 Å². The Labute approximate surface area is 123 Å². The van der Waals surface area contributed by atoms with Crippen molar-refractivity contribution in [2.24, 2.45) is 5.92 Å². The predicted molar refractivity (Wildman–Crippen MR) is 82.7 cm³/mol. The quantitative estimate of drug-likeness (QED) is 0.780. The minimum absolute atomic E-state index is 0.200. The van der Waals surface area contributed by atoms with Crippen LogP contribution in [0.1, 0.15) is 52.4 Å². The van der Waals surface area contributed by atoms with Crippen LogP contribution >= 0.6 is 0 Å². The Bertz CT molecular complexity index is 302. The van der Waals surface area contributed by atoms with E-state index in [4.69, 9.17) is 0 Å². The molecule has 2 aliphatic rings. The molecule has 3 atom stereocenters. The normalized spacial score (nSPS) is 29.3. The highest BCUT2D eigenvalue weighted by Gasteiger charge is 2.29. The summed E-state index contributed by atoms with van der Waals surface area (Å²) in [4.78, 5) is 14.4. The number of carbonyl (C=O) groups excluding carboxylic acids is 1. The first kappa shape index (κ1) is 15.8. The molecule has 0 aromatic heterocycles. The summed E-state index contributed by atoms with van der Waals surface area (Å²) in [6.45, 7) is 8.19. The summed E-state index contributed by atoms with van der Waals surface area (Å²) < 4.78 is 0. The van der Waals surface area contributed by atoms with Crippen LogP contribution < -0.4 is 10.6 Å². The van der Waals surface area contributed by atoms with Gasteiger partial charge in [-0.1, -0.05) is 13.3 Å². The Morgan fingerprint density at radius 3 is 2.95 bits per heavy atom. The van der Waals surface area contributed by atoms with E-state index in [0.717, 1.165) is 31.8 Å². The van der Waals surface area contributed by atoms with Crippen LogP contribution in [0, 0.1) is 5.92 Å². The molecule has 0 saturated carbocycles. The molecule has 0 aliphatic carbocycles. The fraction of sp³-hybridized carbons (Fsp3) is 0.938. The number of hydrogen-bond acceptors (Lipinski definition) is 3. The van der Waals surface area contributed by atoms with E-state index in [9.17, 15) is 4.79 Å². The lowest BCUT2D eigenvalue weighted by molar-refractivity contribution is -0.123. The standard InChI is InChI=1S/C16H31N3O/c1-3-6-13(2)18-16(20)12-19-10-5-7-14(11-19)15-8-4-9-17-15/h13-15,17H,3-12H2,1-2H3,(H,18,20). The van der Waals surface area contributed by atoms with Gasteiger partial charge < -0.3 is 10.6 Å². The van der Waals surface area contributed by atoms with Crippen molar-refractivity contribution in [3.8, 4) is 0 Å². The zero-order chi connectivity index (χ0) is 14.4. The monoisotopic (exact) mass is 281 g/mol. The number of nitrogens with zero attached hydrogens (tertiary/aromatic N) is 1. The van der Waals surface area contributed by atoms with Crippen LogP contribution in [0.15, 0.2) is 0 Å². The van der Waals surface area contributed by atoms with Crippen molar-refractivity contribution in [1.29, 1.82) is 0 Å². The summed E-state index contributed by atoms with van der Waals surface area (Å²) in [5.41, 5.74) is 0. The zero-order valence-electron chi connectivity index (χ0n) is 13.2. The van der Waals surface area contributed by atoms with E-state index in [1.54, 1.807) is 0 Å². The second kappa shape index (κ2) is 7.99. The second-order valence-corrected chi connectivity index (χ2v) is 6.60. The number of nitrogens with one attached hydrogen (secondary N) is 2. The molecule has 2 N–H and O–H groups in total. The van der Waals surface area contributed by atoms with Gasteiger partial charge >= 0.3 is 0 Å². The topological polar surface area (TPSA) is 44.4 Å². The van der Waals surface area contributed by atoms with Gasteiger partial charge in [-0.15, -0.1) is 0 Å². The number of carbonyl (C=O) groups is 1. The van der Waals surface area contributed by atoms with Gasteiger partial charge in [-0.25, -0.2) is 0 Å². The van der Waals surface area contributed by atoms with Crippen molar-refractivity contribution in [3.63, 3.8) is 0 Å². The summed E-state index contributed by atoms with van der Waals surface area (Å²) >= 11 is 0. The number of piperidine rings is 1. The van der Waals surface area contributed by atoms with Crippen molar-refractivity contribution < 1.29 is 4.79 Å². The highest BCUT2D eigenvalue weighted by atomic mass is 16.2. The van der Waals surface area contributed by atoms with E-state index in [1.165, 1.54) is 32.2 Å². The van der Waals surface area contributed by atoms with Crippen LogP contribution in [0.3, 0.4) is 0 Å². The molecular weight excluding hydrogens is 250 g/mol. The van der Waals surface area contributed by atoms with Gasteiger partial charge in [0.1, 0.15) is 0 Å². The summed E-state index contributed by atoms with van der Waals surface area (Å²) in [5.74, 6) is 0.943. The minimum atomic E-state index is 0.200. The summed E-state index contributed by atoms with van der Waals surface area (Å²) in [6.07, 6.45) is 7.39. The van der Waals surface area contributed by atoms with Gasteiger partial charge in [0.05, 0.1) is 6.54 Å². The first-order valence-electron chi connectivity index (χ1n) is 8.44. The van der Waals surface area contributed by atoms with E-state index in [0.29, 0.717) is 18.6 Å². The maximum atomic E-state index is 12.1. The van der Waals surface area contributed by atoms with Crippen LogP contribution in [0.5, 0.6) is 0 Å². The van der Waals surface area contributed by atoms with Gasteiger partial charge in [0.15, 0.2) is 0 Å². The summed E-state index contributed by atoms with van der Waals surface area (Å²) in [7, 11) is 0. The van der Waals surface area contributed by atoms with E-state index in [-0.39, 0.29) is 5.91 Å². The van der Waals surface area contributed by atoms with E-state index in [1.807, 2.05) is 0 Å². The minimum Gasteiger partial charge on any atom is -0.353 e. The fourth-order valence-corrected chi connectivity index (χ4v) is 3.71. The highest BCUT2D eigenvalue weighted by molar-refractivity contribution is 5.78. The van der Waals surface area contributed by atoms with Crippen LogP contribution in [0.4, 0.5) is 0 Å². The lowest BCUT2D eigenvalue weighted by atomic mass is 9.90. The Balaban J connectivity index is 1.73. The average molecular weight is 281 g/mol. The lowest BCUT2D eigenvalue weighted by Crippen LogP contribution is -2.48. The zero-order valence-corrected chi connectivity index (χ0v) is 13.2. The van der Waals surface area contributed by atoms with Gasteiger partial charge in [-0.2, -0.15) is 0 Å². The largest absolute Gasteiger partial charge is 0.353 e. The van der Waals surface area contributed by atoms with Crippen molar-refractivity contribution in [3.05, 3.63) is 0 Å². The van der Waals surface area contributed by atoms with E-state index < -0.39 is 0 Å². The Hall–Kier alpha value is -0.610. The molecule has 0 aromatic rings. The lowest BCUT2D eigenvalue weighted by Gasteiger charge is -2.35. The van der Waals surface area contributed by atoms with Crippen LogP contribution in [0.2, 0.25) is 0 Å². The van der Waals surface area contributed by atoms with E-state index in [2.05, 4.69) is 29.4 Å². The van der Waals surface area contributed by atoms with Crippen LogP contribution in [0.25, 0.3) is 0 Å². The molecule has 0 spiro atoms. The van der Waals surface area contributed by atoms with Crippen molar-refractivity contribution in [1.82, 2.24) is 15.5 Å². The summed E-state index contributed by atoms with van der Waals surface area (Å²) in [5, 5.41) is 6.74. The predicted octanol–water partition coefficient (Wildman–Crippen LogP) is 1.76. The molecule has 2 saturated heterocycles. The number of amides is 1. The number of rotatable bonds is 6. The molecule has 0 radical (unpaired) electrons. The molecule has 0 bridgehead atoms. The van der Waals surface area contributed by atoms with Gasteiger partial charge in [0, 0.05) is 18.6 Å². The van der Waals surface area contributed by atoms with E-state index >= 15 is 0 Å². The molecular formula is C16H31N3O. The first-order chi connectivity index (χ1) is 9.69. The SMILES string of the molecule is CCCC(C)NC(=O)CN1CCCC(C2CCCN2)C1. The van der Waals surface area contributed by atoms with Crippen molar-refractivity contribution in [2.45, 2.75) is 64.5 Å². The van der Waals surface area contributed by atoms with Gasteiger partial charge in [0.2, 0.25) is 5.91 Å². The third-order valence-corrected chi connectivity index (χ3v) is 4.71. The van der Waals surface area contributed by atoms with Gasteiger partial charge in [-0.05, 0) is 58.0 Å². The summed E-state index contributed by atoms with van der Waals surface area (Å²) in [6, 6.07) is 1.00. The Kier molecular flexibility index (Phi) is 6.30. The number of hydrogen-bond donors (Lipinski definition) is 2. The molecule has 2 aliphatic heterocycles. The van der Waals surface area contributed by atoms with Gasteiger partial charge in [0.25, 0.3) is 0 Å². The molecule has 20 heavy (non-hydrogen) atoms. The molecule has 2 fully saturated rings. The molecule has 1 amide bonds. The highest BCUT2D eigenvalue weighted by Crippen LogP contribution is 2.24. The average Bonchev–Trinajstić information content (AvgIpc) is 2.92. The molecule has 116 valence electrons. The molecule has 0 aromatic carbocycles. The fourth-order valence-electron chi connectivity index (χ4n) is 3.71. The van der Waals surface area contributed by atoms with Crippen molar-refractivity contribution in [2.75, 3.05) is 26.2 Å². The first-order valence-corrected chi connectivity index (χ1v) is 8.44. The number of likely N-dealkylation sites (tertiary alicyclic amines) is 1. The molecule has 2 rings (SSSR count). The third kappa shape index (κ3) is 4.74. The van der Waals surface area contributed by atoms with Crippen LogP contribution in [-0.2, 0) is 4.79 Å². The maximum absolute atomic E-state index is 12.1. The third-order valence-electron chi connectivity index (χ3n) is 4.71. The Morgan fingerprint density at radius 1 is 1.40 bits per heavy atom. The molecule has 4 nitrogen and oxygen atoms in total. The maximum Gasteiger partial charge on any atom is 0.234 e. The smallest absolute Gasteiger partial charge is 0.234 e. The molecule has 4 heteroatoms. The Morgan fingerprint density at radius 2 is 2.25 bits per heavy atom. The van der Waals surface area contributed by atoms with Crippen molar-refractivity contribution >= 4 is 5.91 Å².